The summed E-state index contributed by atoms with van der Waals surface area (Å²) >= 11 is 3.64. The zero-order valence-corrected chi connectivity index (χ0v) is 14.8. The van der Waals surface area contributed by atoms with E-state index in [2.05, 4.69) is 47.4 Å². The number of likely N-dealkylation sites (N-methyl/N-ethyl adjacent to an activating group) is 1. The van der Waals surface area contributed by atoms with Gasteiger partial charge in [-0.15, -0.1) is 0 Å². The Morgan fingerprint density at radius 3 is 2.76 bits per heavy atom. The molecule has 0 radical (unpaired) electrons. The lowest BCUT2D eigenvalue weighted by Crippen LogP contribution is -2.38. The highest BCUT2D eigenvalue weighted by atomic mass is 79.9. The van der Waals surface area contributed by atoms with E-state index in [0.29, 0.717) is 12.1 Å². The molecule has 0 spiro atoms. The molecule has 1 unspecified atom stereocenters. The Morgan fingerprint density at radius 1 is 1.38 bits per heavy atom. The summed E-state index contributed by atoms with van der Waals surface area (Å²) in [5.74, 6) is 1.71. The Bertz CT molecular complexity index is 446. The van der Waals surface area contributed by atoms with Gasteiger partial charge < -0.3 is 14.8 Å². The van der Waals surface area contributed by atoms with Crippen molar-refractivity contribution in [1.29, 1.82) is 0 Å². The summed E-state index contributed by atoms with van der Waals surface area (Å²) in [6.45, 7) is 2.91. The van der Waals surface area contributed by atoms with Gasteiger partial charge in [0, 0.05) is 17.1 Å². The predicted molar refractivity (Wildman–Crippen MR) is 90.0 cm³/mol. The lowest BCUT2D eigenvalue weighted by molar-refractivity contribution is -0.0288. The van der Waals surface area contributed by atoms with Crippen LogP contribution >= 0.6 is 15.9 Å². The fourth-order valence-corrected chi connectivity index (χ4v) is 3.45. The van der Waals surface area contributed by atoms with Gasteiger partial charge in [0.1, 0.15) is 5.75 Å². The van der Waals surface area contributed by atoms with Gasteiger partial charge in [-0.1, -0.05) is 15.9 Å². The molecule has 0 aromatic heterocycles. The van der Waals surface area contributed by atoms with Crippen LogP contribution in [0.3, 0.4) is 0 Å². The lowest BCUT2D eigenvalue weighted by atomic mass is 9.77. The zero-order valence-electron chi connectivity index (χ0n) is 13.2. The molecule has 1 aromatic carbocycles. The van der Waals surface area contributed by atoms with E-state index in [1.807, 2.05) is 6.07 Å². The zero-order chi connectivity index (χ0) is 15.2. The van der Waals surface area contributed by atoms with Crippen molar-refractivity contribution in [3.05, 3.63) is 28.2 Å². The van der Waals surface area contributed by atoms with Gasteiger partial charge in [-0.25, -0.2) is 0 Å². The van der Waals surface area contributed by atoms with Gasteiger partial charge in [0.2, 0.25) is 0 Å². The molecule has 2 rings (SSSR count). The third-order valence-corrected chi connectivity index (χ3v) is 5.11. The van der Waals surface area contributed by atoms with Crippen LogP contribution in [0.15, 0.2) is 22.7 Å². The first kappa shape index (κ1) is 16.8. The van der Waals surface area contributed by atoms with Crippen molar-refractivity contribution in [3.8, 4) is 5.75 Å². The minimum atomic E-state index is 0.501. The van der Waals surface area contributed by atoms with Gasteiger partial charge in [-0.3, -0.25) is 0 Å². The fraction of sp³-hybridized carbons (Fsp3) is 0.647. The van der Waals surface area contributed by atoms with Crippen molar-refractivity contribution in [2.24, 2.45) is 5.92 Å². The summed E-state index contributed by atoms with van der Waals surface area (Å²) in [7, 11) is 3.77. The van der Waals surface area contributed by atoms with Gasteiger partial charge in [-0.2, -0.15) is 0 Å². The second kappa shape index (κ2) is 8.16. The fourth-order valence-electron chi connectivity index (χ4n) is 3.04. The molecule has 3 nitrogen and oxygen atoms in total. The Balaban J connectivity index is 1.88. The lowest BCUT2D eigenvalue weighted by Gasteiger charge is -2.37. The molecule has 1 aromatic rings. The number of hydrogen-bond acceptors (Lipinski definition) is 3. The first-order valence-corrected chi connectivity index (χ1v) is 8.56. The van der Waals surface area contributed by atoms with Gasteiger partial charge in [0.05, 0.1) is 13.2 Å². The van der Waals surface area contributed by atoms with Crippen LogP contribution in [-0.2, 0) is 11.2 Å². The molecule has 1 saturated carbocycles. The van der Waals surface area contributed by atoms with Crippen LogP contribution in [0.25, 0.3) is 0 Å². The molecule has 0 saturated heterocycles. The summed E-state index contributed by atoms with van der Waals surface area (Å²) in [5.41, 5.74) is 1.30. The Kier molecular flexibility index (Phi) is 6.52. The van der Waals surface area contributed by atoms with Gasteiger partial charge in [0.25, 0.3) is 0 Å². The smallest absolute Gasteiger partial charge is 0.119 e. The highest BCUT2D eigenvalue weighted by Crippen LogP contribution is 2.34. The summed E-state index contributed by atoms with van der Waals surface area (Å²) in [5, 5.41) is 3.46. The van der Waals surface area contributed by atoms with Crippen molar-refractivity contribution in [2.75, 3.05) is 20.8 Å². The molecule has 1 aliphatic rings. The molecule has 1 atom stereocenters. The highest BCUT2D eigenvalue weighted by molar-refractivity contribution is 9.10. The van der Waals surface area contributed by atoms with Crippen molar-refractivity contribution in [3.63, 3.8) is 0 Å². The minimum absolute atomic E-state index is 0.501. The largest absolute Gasteiger partial charge is 0.497 e. The number of halogens is 1. The topological polar surface area (TPSA) is 30.5 Å². The summed E-state index contributed by atoms with van der Waals surface area (Å²) in [6.07, 6.45) is 5.16. The number of methoxy groups -OCH3 is 1. The van der Waals surface area contributed by atoms with Crippen LogP contribution in [0.1, 0.15) is 31.7 Å². The Hall–Kier alpha value is -0.580. The summed E-state index contributed by atoms with van der Waals surface area (Å²) < 4.78 is 12.1. The monoisotopic (exact) mass is 355 g/mol. The van der Waals surface area contributed by atoms with Gasteiger partial charge in [-0.05, 0) is 69.3 Å². The molecular formula is C17H26BrNO2. The van der Waals surface area contributed by atoms with E-state index in [9.17, 15) is 0 Å². The number of hydrogen-bond donors (Lipinski definition) is 1. The van der Waals surface area contributed by atoms with Gasteiger partial charge >= 0.3 is 0 Å². The van der Waals surface area contributed by atoms with Crippen LogP contribution in [0, 0.1) is 5.92 Å². The number of benzene rings is 1. The number of rotatable bonds is 8. The van der Waals surface area contributed by atoms with E-state index in [-0.39, 0.29) is 0 Å². The maximum Gasteiger partial charge on any atom is 0.119 e. The van der Waals surface area contributed by atoms with Crippen LogP contribution in [-0.4, -0.2) is 32.9 Å². The highest BCUT2D eigenvalue weighted by Gasteiger charge is 2.31. The molecule has 1 N–H and O–H groups in total. The van der Waals surface area contributed by atoms with Crippen LogP contribution < -0.4 is 10.1 Å². The quantitative estimate of drug-likeness (QED) is 0.769. The third kappa shape index (κ3) is 4.70. The Morgan fingerprint density at radius 2 is 2.14 bits per heavy atom. The molecule has 1 aliphatic carbocycles. The SMILES string of the molecule is CCOC1CC(CC(Cc2cc(OC)ccc2Br)NC)C1. The maximum atomic E-state index is 5.65. The van der Waals surface area contributed by atoms with E-state index in [4.69, 9.17) is 9.47 Å². The number of ether oxygens (including phenoxy) is 2. The second-order valence-electron chi connectivity index (χ2n) is 5.80. The molecule has 0 heterocycles. The molecule has 0 aliphatic heterocycles. The first-order chi connectivity index (χ1) is 10.2. The Labute approximate surface area is 136 Å². The molecule has 1 fully saturated rings. The normalized spacial score (nSPS) is 22.7. The predicted octanol–water partition coefficient (Wildman–Crippen LogP) is 3.79. The van der Waals surface area contributed by atoms with Crippen molar-refractivity contribution in [1.82, 2.24) is 5.32 Å². The molecule has 118 valence electrons. The molecule has 21 heavy (non-hydrogen) atoms. The van der Waals surface area contributed by atoms with Gasteiger partial charge in [0.15, 0.2) is 0 Å². The van der Waals surface area contributed by atoms with E-state index in [0.717, 1.165) is 29.2 Å². The van der Waals surface area contributed by atoms with Crippen molar-refractivity contribution in [2.45, 2.75) is 44.8 Å². The minimum Gasteiger partial charge on any atom is -0.497 e. The van der Waals surface area contributed by atoms with Crippen LogP contribution in [0.4, 0.5) is 0 Å². The number of nitrogens with one attached hydrogen (secondary N) is 1. The van der Waals surface area contributed by atoms with Crippen molar-refractivity contribution < 1.29 is 9.47 Å². The molecular weight excluding hydrogens is 330 g/mol. The van der Waals surface area contributed by atoms with E-state index in [1.165, 1.54) is 24.8 Å². The van der Waals surface area contributed by atoms with Crippen LogP contribution in [0.5, 0.6) is 5.75 Å². The molecule has 4 heteroatoms. The standard InChI is InChI=1S/C17H26BrNO2/c1-4-21-16-8-12(9-16)7-14(19-2)10-13-11-15(20-3)5-6-17(13)18/h5-6,11-12,14,16,19H,4,7-10H2,1-3H3. The first-order valence-electron chi connectivity index (χ1n) is 7.77. The maximum absolute atomic E-state index is 5.65. The van der Waals surface area contributed by atoms with Crippen molar-refractivity contribution >= 4 is 15.9 Å². The van der Waals surface area contributed by atoms with Crippen LogP contribution in [0.2, 0.25) is 0 Å². The average Bonchev–Trinajstić information content (AvgIpc) is 2.46. The average molecular weight is 356 g/mol. The second-order valence-corrected chi connectivity index (χ2v) is 6.65. The molecule has 0 amide bonds. The van der Waals surface area contributed by atoms with E-state index in [1.54, 1.807) is 7.11 Å². The summed E-state index contributed by atoms with van der Waals surface area (Å²) in [4.78, 5) is 0. The van der Waals surface area contributed by atoms with E-state index >= 15 is 0 Å². The third-order valence-electron chi connectivity index (χ3n) is 4.34. The molecule has 0 bridgehead atoms. The summed E-state index contributed by atoms with van der Waals surface area (Å²) in [6, 6.07) is 6.68. The van der Waals surface area contributed by atoms with E-state index < -0.39 is 0 Å².